The Kier molecular flexibility index (Phi) is 6.10. The summed E-state index contributed by atoms with van der Waals surface area (Å²) >= 11 is 0. The minimum atomic E-state index is -0.136. The number of benzene rings is 5. The van der Waals surface area contributed by atoms with Gasteiger partial charge in [0.15, 0.2) is 0 Å². The SMILES string of the molecule is C1=CC(c2ccc3c(c2)c2c(n3-c3nc(-c4ccccc4)c4ccccc4n3)C=CC3c4ccccc4OC23)=CC(c2ccccc2)C1. The Morgan fingerprint density at radius 1 is 0.688 bits per heavy atom. The van der Waals surface area contributed by atoms with E-state index < -0.39 is 0 Å². The molecule has 4 nitrogen and oxygen atoms in total. The normalized spacial score (nSPS) is 19.1. The maximum atomic E-state index is 6.78. The van der Waals surface area contributed by atoms with Crippen LogP contribution in [0.3, 0.4) is 0 Å². The van der Waals surface area contributed by atoms with Gasteiger partial charge in [-0.1, -0.05) is 127 Å². The van der Waals surface area contributed by atoms with E-state index in [1.54, 1.807) is 0 Å². The second-order valence-corrected chi connectivity index (χ2v) is 12.9. The van der Waals surface area contributed by atoms with E-state index in [1.165, 1.54) is 33.2 Å². The fourth-order valence-electron chi connectivity index (χ4n) is 7.85. The van der Waals surface area contributed by atoms with E-state index in [0.29, 0.717) is 11.9 Å². The second kappa shape index (κ2) is 10.8. The van der Waals surface area contributed by atoms with E-state index in [9.17, 15) is 0 Å². The van der Waals surface area contributed by atoms with Gasteiger partial charge in [0.2, 0.25) is 5.95 Å². The number of allylic oxidation sites excluding steroid dienone is 4. The van der Waals surface area contributed by atoms with Crippen LogP contribution in [0.5, 0.6) is 5.75 Å². The van der Waals surface area contributed by atoms with Crippen LogP contribution in [0, 0.1) is 0 Å². The Hall–Kier alpha value is -6.00. The molecule has 5 aromatic carbocycles. The Bertz CT molecular complexity index is 2470. The molecule has 0 fully saturated rings. The molecule has 0 N–H and O–H groups in total. The zero-order chi connectivity index (χ0) is 31.6. The highest BCUT2D eigenvalue weighted by molar-refractivity contribution is 5.96. The summed E-state index contributed by atoms with van der Waals surface area (Å²) in [4.78, 5) is 10.5. The molecule has 0 saturated heterocycles. The van der Waals surface area contributed by atoms with Gasteiger partial charge in [0.1, 0.15) is 11.9 Å². The van der Waals surface area contributed by atoms with Crippen LogP contribution in [0.25, 0.3) is 50.7 Å². The molecule has 3 aliphatic rings. The molecule has 2 aromatic heterocycles. The summed E-state index contributed by atoms with van der Waals surface area (Å²) < 4.78 is 9.02. The summed E-state index contributed by atoms with van der Waals surface area (Å²) in [5.74, 6) is 2.11. The molecule has 0 spiro atoms. The van der Waals surface area contributed by atoms with E-state index in [4.69, 9.17) is 14.7 Å². The molecule has 0 radical (unpaired) electrons. The second-order valence-electron chi connectivity index (χ2n) is 12.9. The molecule has 4 heteroatoms. The number of hydrogen-bond acceptors (Lipinski definition) is 3. The third kappa shape index (κ3) is 4.22. The molecule has 0 bridgehead atoms. The average Bonchev–Trinajstić information content (AvgIpc) is 3.70. The van der Waals surface area contributed by atoms with Gasteiger partial charge in [-0.25, -0.2) is 9.97 Å². The highest BCUT2D eigenvalue weighted by Crippen LogP contribution is 2.53. The number of rotatable bonds is 4. The maximum absolute atomic E-state index is 6.78. The summed E-state index contributed by atoms with van der Waals surface area (Å²) in [5, 5.41) is 2.21. The van der Waals surface area contributed by atoms with Gasteiger partial charge in [0, 0.05) is 39.3 Å². The van der Waals surface area contributed by atoms with E-state index in [-0.39, 0.29) is 12.0 Å². The van der Waals surface area contributed by atoms with Crippen molar-refractivity contribution < 1.29 is 4.74 Å². The number of para-hydroxylation sites is 2. The standard InChI is InChI=1S/C44H31N3O/c1-3-12-28(13-4-1)30-16-11-17-31(26-30)32-22-24-38-36(27-32)41-39(25-23-34-33-18-8-10-21-40(33)48-43(34)41)47(38)44-45-37-20-9-7-19-35(37)42(46-44)29-14-5-2-6-15-29/h1-15,17-27,30,34,43H,16H2. The van der Waals surface area contributed by atoms with Gasteiger partial charge >= 0.3 is 0 Å². The number of ether oxygens (including phenoxy) is 1. The van der Waals surface area contributed by atoms with Crippen LogP contribution in [0.1, 0.15) is 52.3 Å². The third-order valence-corrected chi connectivity index (χ3v) is 10.1. The lowest BCUT2D eigenvalue weighted by Crippen LogP contribution is -2.14. The highest BCUT2D eigenvalue weighted by Gasteiger charge is 2.40. The number of aromatic nitrogens is 3. The predicted octanol–water partition coefficient (Wildman–Crippen LogP) is 10.6. The van der Waals surface area contributed by atoms with E-state index in [1.807, 2.05) is 12.1 Å². The first-order valence-corrected chi connectivity index (χ1v) is 16.7. The first-order chi connectivity index (χ1) is 23.8. The van der Waals surface area contributed by atoms with Crippen molar-refractivity contribution in [3.8, 4) is 23.0 Å². The van der Waals surface area contributed by atoms with E-state index >= 15 is 0 Å². The first-order valence-electron chi connectivity index (χ1n) is 16.7. The molecule has 1 aliphatic heterocycles. The smallest absolute Gasteiger partial charge is 0.235 e. The quantitative estimate of drug-likeness (QED) is 0.197. The summed E-state index contributed by atoms with van der Waals surface area (Å²) in [6, 6.07) is 44.8. The van der Waals surface area contributed by atoms with Crippen molar-refractivity contribution in [2.24, 2.45) is 0 Å². The Morgan fingerprint density at radius 2 is 1.48 bits per heavy atom. The van der Waals surface area contributed by atoms with Crippen molar-refractivity contribution in [1.29, 1.82) is 0 Å². The van der Waals surface area contributed by atoms with Crippen molar-refractivity contribution in [3.05, 3.63) is 180 Å². The lowest BCUT2D eigenvalue weighted by Gasteiger charge is -2.22. The molecule has 3 heterocycles. The fraction of sp³-hybridized carbons (Fsp3) is 0.0909. The number of hydrogen-bond donors (Lipinski definition) is 0. The van der Waals surface area contributed by atoms with Crippen LogP contribution in [0.4, 0.5) is 0 Å². The van der Waals surface area contributed by atoms with Crippen molar-refractivity contribution in [2.45, 2.75) is 24.4 Å². The summed E-state index contributed by atoms with van der Waals surface area (Å²) in [6.07, 6.45) is 12.4. The molecule has 3 atom stereocenters. The lowest BCUT2D eigenvalue weighted by molar-refractivity contribution is 0.224. The summed E-state index contributed by atoms with van der Waals surface area (Å²) in [6.45, 7) is 0. The van der Waals surface area contributed by atoms with Gasteiger partial charge in [-0.2, -0.15) is 0 Å². The highest BCUT2D eigenvalue weighted by atomic mass is 16.5. The predicted molar refractivity (Wildman–Crippen MR) is 194 cm³/mol. The van der Waals surface area contributed by atoms with Crippen LogP contribution in [-0.2, 0) is 0 Å². The first kappa shape index (κ1) is 27.1. The molecular formula is C44H31N3O. The molecule has 10 rings (SSSR count). The molecule has 3 unspecified atom stereocenters. The zero-order valence-electron chi connectivity index (χ0n) is 26.2. The minimum Gasteiger partial charge on any atom is -0.484 e. The van der Waals surface area contributed by atoms with Crippen LogP contribution < -0.4 is 4.74 Å². The molecule has 48 heavy (non-hydrogen) atoms. The van der Waals surface area contributed by atoms with Crippen LogP contribution in [-0.4, -0.2) is 14.5 Å². The molecule has 2 aliphatic carbocycles. The van der Waals surface area contributed by atoms with Crippen molar-refractivity contribution in [1.82, 2.24) is 14.5 Å². The molecule has 0 amide bonds. The third-order valence-electron chi connectivity index (χ3n) is 10.1. The number of nitrogens with zero attached hydrogens (tertiary/aromatic N) is 3. The minimum absolute atomic E-state index is 0.136. The summed E-state index contributed by atoms with van der Waals surface area (Å²) in [7, 11) is 0. The van der Waals surface area contributed by atoms with Crippen molar-refractivity contribution >= 4 is 33.5 Å². The van der Waals surface area contributed by atoms with Crippen molar-refractivity contribution in [3.63, 3.8) is 0 Å². The van der Waals surface area contributed by atoms with E-state index in [0.717, 1.165) is 45.5 Å². The van der Waals surface area contributed by atoms with Crippen LogP contribution in [0.2, 0.25) is 0 Å². The Balaban J connectivity index is 1.20. The molecule has 228 valence electrons. The summed E-state index contributed by atoms with van der Waals surface area (Å²) in [5.41, 5.74) is 11.3. The zero-order valence-corrected chi connectivity index (χ0v) is 26.2. The Labute approximate surface area is 279 Å². The van der Waals surface area contributed by atoms with Crippen LogP contribution >= 0.6 is 0 Å². The van der Waals surface area contributed by atoms with Gasteiger partial charge in [0.05, 0.1) is 22.4 Å². The van der Waals surface area contributed by atoms with Gasteiger partial charge in [0.25, 0.3) is 0 Å². The lowest BCUT2D eigenvalue weighted by atomic mass is 9.84. The van der Waals surface area contributed by atoms with Gasteiger partial charge in [-0.3, -0.25) is 4.57 Å². The molecular weight excluding hydrogens is 587 g/mol. The number of fused-ring (bicyclic) bond motifs is 8. The van der Waals surface area contributed by atoms with Crippen LogP contribution in [0.15, 0.2) is 152 Å². The topological polar surface area (TPSA) is 39.9 Å². The Morgan fingerprint density at radius 3 is 2.38 bits per heavy atom. The van der Waals surface area contributed by atoms with Crippen molar-refractivity contribution in [2.75, 3.05) is 0 Å². The largest absolute Gasteiger partial charge is 0.484 e. The monoisotopic (exact) mass is 617 g/mol. The fourth-order valence-corrected chi connectivity index (χ4v) is 7.85. The maximum Gasteiger partial charge on any atom is 0.235 e. The molecule has 7 aromatic rings. The average molecular weight is 618 g/mol. The van der Waals surface area contributed by atoms with Gasteiger partial charge < -0.3 is 4.74 Å². The van der Waals surface area contributed by atoms with Gasteiger partial charge in [-0.15, -0.1) is 0 Å². The van der Waals surface area contributed by atoms with E-state index in [2.05, 4.69) is 150 Å². The van der Waals surface area contributed by atoms with Gasteiger partial charge in [-0.05, 0) is 53.5 Å². The molecule has 0 saturated carbocycles.